The maximum absolute atomic E-state index is 11.3. The lowest BCUT2D eigenvalue weighted by atomic mass is 10.3. The van der Waals surface area contributed by atoms with Gasteiger partial charge in [0, 0.05) is 34.2 Å². The first kappa shape index (κ1) is 20.7. The summed E-state index contributed by atoms with van der Waals surface area (Å²) < 4.78 is 35.9. The summed E-state index contributed by atoms with van der Waals surface area (Å²) in [6.45, 7) is 4.58. The van der Waals surface area contributed by atoms with Gasteiger partial charge in [-0.2, -0.15) is 0 Å². The molecule has 0 spiro atoms. The molecule has 1 aromatic rings. The number of para-hydroxylation sites is 1. The van der Waals surface area contributed by atoms with Gasteiger partial charge in [0.2, 0.25) is 0 Å². The van der Waals surface area contributed by atoms with E-state index in [1.807, 2.05) is 18.2 Å². The van der Waals surface area contributed by atoms with Gasteiger partial charge in [0.15, 0.2) is 7.37 Å². The van der Waals surface area contributed by atoms with Crippen molar-refractivity contribution in [2.75, 3.05) is 34.2 Å². The molecule has 0 bridgehead atoms. The van der Waals surface area contributed by atoms with Crippen LogP contribution in [0.25, 0.3) is 0 Å². The van der Waals surface area contributed by atoms with Crippen LogP contribution in [0.3, 0.4) is 0 Å². The Morgan fingerprint density at radius 3 is 1.63 bits per heavy atom. The molecule has 0 aliphatic heterocycles. The first-order valence-electron chi connectivity index (χ1n) is 5.19. The number of hydrogen-bond acceptors (Lipinski definition) is 5. The molecule has 19 heavy (non-hydrogen) atoms. The fourth-order valence-corrected chi connectivity index (χ4v) is 1.29. The third kappa shape index (κ3) is 12.2. The topological polar surface area (TPSA) is 61.8 Å². The lowest BCUT2D eigenvalue weighted by molar-refractivity contribution is 0.328. The maximum atomic E-state index is 11.3. The summed E-state index contributed by atoms with van der Waals surface area (Å²) in [7, 11) is -2.23. The second kappa shape index (κ2) is 9.33. The van der Waals surface area contributed by atoms with Crippen molar-refractivity contribution in [2.45, 2.75) is 7.43 Å². The Morgan fingerprint density at radius 1 is 0.895 bits per heavy atom. The highest BCUT2D eigenvalue weighted by molar-refractivity contribution is 7.57. The van der Waals surface area contributed by atoms with Crippen molar-refractivity contribution in [3.8, 4) is 5.75 Å². The van der Waals surface area contributed by atoms with E-state index in [9.17, 15) is 9.13 Å². The minimum Gasteiger partial charge on any atom is -0.425 e. The lowest BCUT2D eigenvalue weighted by Gasteiger charge is -2.11. The average molecular weight is 310 g/mol. The highest BCUT2D eigenvalue weighted by atomic mass is 31.2. The lowest BCUT2D eigenvalue weighted by Crippen LogP contribution is -1.92. The van der Waals surface area contributed by atoms with Gasteiger partial charge in [-0.15, -0.1) is 0 Å². The van der Waals surface area contributed by atoms with Crippen LogP contribution >= 0.6 is 15.0 Å². The largest absolute Gasteiger partial charge is 0.425 e. The summed E-state index contributed by atoms with van der Waals surface area (Å²) in [4.78, 5) is 0. The van der Waals surface area contributed by atoms with Crippen LogP contribution in [0.1, 0.15) is 7.43 Å². The Hall–Kier alpha value is -0.600. The minimum absolute atomic E-state index is 0. The fourth-order valence-electron chi connectivity index (χ4n) is 0.710. The summed E-state index contributed by atoms with van der Waals surface area (Å²) >= 11 is 0. The van der Waals surface area contributed by atoms with Gasteiger partial charge in [0.05, 0.1) is 0 Å². The van der Waals surface area contributed by atoms with Crippen LogP contribution in [-0.4, -0.2) is 34.2 Å². The smallest absolute Gasteiger partial charge is 0.375 e. The summed E-state index contributed by atoms with van der Waals surface area (Å²) in [5.41, 5.74) is 0. The molecule has 0 aliphatic rings. The molecule has 0 N–H and O–H groups in total. The highest BCUT2D eigenvalue weighted by Crippen LogP contribution is 2.42. The van der Waals surface area contributed by atoms with Crippen LogP contribution < -0.4 is 4.52 Å². The Balaban J connectivity index is 0. The second-order valence-corrected chi connectivity index (χ2v) is 8.75. The van der Waals surface area contributed by atoms with Crippen molar-refractivity contribution in [1.82, 2.24) is 0 Å². The third-order valence-corrected chi connectivity index (χ3v) is 3.87. The zero-order chi connectivity index (χ0) is 14.2. The van der Waals surface area contributed by atoms with Crippen molar-refractivity contribution in [2.24, 2.45) is 0 Å². The first-order chi connectivity index (χ1) is 8.20. The van der Waals surface area contributed by atoms with E-state index < -0.39 is 15.0 Å². The quantitative estimate of drug-likeness (QED) is 0.774. The van der Waals surface area contributed by atoms with Gasteiger partial charge in [-0.25, -0.2) is 4.57 Å². The number of hydrogen-bond donors (Lipinski definition) is 0. The highest BCUT2D eigenvalue weighted by Gasteiger charge is 2.15. The number of rotatable bonds is 4. The molecule has 0 aliphatic carbocycles. The van der Waals surface area contributed by atoms with Crippen LogP contribution in [0.4, 0.5) is 0 Å². The zero-order valence-electron chi connectivity index (χ0n) is 11.3. The predicted octanol–water partition coefficient (Wildman–Crippen LogP) is 4.34. The third-order valence-electron chi connectivity index (χ3n) is 1.79. The van der Waals surface area contributed by atoms with E-state index >= 15 is 0 Å². The van der Waals surface area contributed by atoms with Crippen LogP contribution in [0.5, 0.6) is 5.75 Å². The van der Waals surface area contributed by atoms with Gasteiger partial charge < -0.3 is 13.6 Å². The molecule has 0 amide bonds. The number of benzene rings is 1. The molecular formula is C12H24O5P2. The fraction of sp³-hybridized carbons (Fsp3) is 0.500. The van der Waals surface area contributed by atoms with Crippen molar-refractivity contribution in [3.63, 3.8) is 0 Å². The predicted molar refractivity (Wildman–Crippen MR) is 80.8 cm³/mol. The van der Waals surface area contributed by atoms with E-state index in [4.69, 9.17) is 4.52 Å². The van der Waals surface area contributed by atoms with Gasteiger partial charge in [-0.3, -0.25) is 4.57 Å². The van der Waals surface area contributed by atoms with Crippen LogP contribution in [0.15, 0.2) is 30.3 Å². The summed E-state index contributed by atoms with van der Waals surface area (Å²) in [6.07, 6.45) is 0. The summed E-state index contributed by atoms with van der Waals surface area (Å²) in [5.74, 6) is 0.560. The van der Waals surface area contributed by atoms with E-state index in [2.05, 4.69) is 9.05 Å². The molecular weight excluding hydrogens is 286 g/mol. The first-order valence-corrected chi connectivity index (χ1v) is 9.69. The minimum atomic E-state index is -2.90. The van der Waals surface area contributed by atoms with Crippen LogP contribution in [0, 0.1) is 0 Å². The molecule has 1 atom stereocenters. The van der Waals surface area contributed by atoms with Gasteiger partial charge in [-0.1, -0.05) is 25.6 Å². The van der Waals surface area contributed by atoms with E-state index in [1.165, 1.54) is 20.9 Å². The average Bonchev–Trinajstić information content (AvgIpc) is 2.30. The van der Waals surface area contributed by atoms with Crippen LogP contribution in [0.2, 0.25) is 0 Å². The Bertz CT molecular complexity index is 427. The van der Waals surface area contributed by atoms with E-state index in [1.54, 1.807) is 25.5 Å². The normalized spacial score (nSPS) is 13.3. The molecule has 1 aromatic carbocycles. The van der Waals surface area contributed by atoms with Crippen LogP contribution in [-0.2, 0) is 18.2 Å². The zero-order valence-corrected chi connectivity index (χ0v) is 13.1. The maximum Gasteiger partial charge on any atom is 0.375 e. The summed E-state index contributed by atoms with van der Waals surface area (Å²) in [5, 5.41) is 0. The molecule has 0 unspecified atom stereocenters. The molecule has 0 saturated carbocycles. The molecule has 0 aromatic heterocycles. The van der Waals surface area contributed by atoms with Gasteiger partial charge in [0.25, 0.3) is 0 Å². The molecule has 0 saturated heterocycles. The van der Waals surface area contributed by atoms with Crippen molar-refractivity contribution in [3.05, 3.63) is 30.3 Å². The van der Waals surface area contributed by atoms with Gasteiger partial charge in [0.1, 0.15) is 5.75 Å². The Labute approximate surface area is 116 Å². The van der Waals surface area contributed by atoms with E-state index in [-0.39, 0.29) is 7.43 Å². The van der Waals surface area contributed by atoms with E-state index in [0.717, 1.165) is 0 Å². The molecule has 0 radical (unpaired) electrons. The second-order valence-electron chi connectivity index (χ2n) is 3.79. The molecule has 0 fully saturated rings. The molecule has 7 heteroatoms. The van der Waals surface area contributed by atoms with Crippen molar-refractivity contribution < 1.29 is 22.7 Å². The van der Waals surface area contributed by atoms with Gasteiger partial charge >= 0.3 is 7.60 Å². The van der Waals surface area contributed by atoms with Crippen molar-refractivity contribution in [1.29, 1.82) is 0 Å². The summed E-state index contributed by atoms with van der Waals surface area (Å²) in [6, 6.07) is 8.95. The van der Waals surface area contributed by atoms with Crippen molar-refractivity contribution >= 4 is 15.0 Å². The van der Waals surface area contributed by atoms with E-state index in [0.29, 0.717) is 5.75 Å². The van der Waals surface area contributed by atoms with Gasteiger partial charge in [-0.05, 0) is 12.1 Å². The molecule has 112 valence electrons. The molecule has 5 nitrogen and oxygen atoms in total. The molecule has 0 heterocycles. The monoisotopic (exact) mass is 310 g/mol. The SMILES string of the molecule is C.COP(C)(C)=O.CO[P@](C)(=O)Oc1ccccc1. The Morgan fingerprint density at radius 2 is 1.32 bits per heavy atom. The Kier molecular flexibility index (Phi) is 10.2. The molecule has 1 rings (SSSR count). The standard InChI is InChI=1S/C8H11O3P.C3H9O2P.CH4/c1-10-12(2,9)11-8-6-4-3-5-7-8;1-5-6(2,3)4;/h3-7H,1-2H3;1-3H3;1H4/t12-;;/m0../s1.